The van der Waals surface area contributed by atoms with Crippen LogP contribution in [0.5, 0.6) is 0 Å². The summed E-state index contributed by atoms with van der Waals surface area (Å²) < 4.78 is 4.91. The van der Waals surface area contributed by atoms with E-state index in [0.29, 0.717) is 11.3 Å². The lowest BCUT2D eigenvalue weighted by Gasteiger charge is -2.06. The van der Waals surface area contributed by atoms with Gasteiger partial charge in [0.1, 0.15) is 9.90 Å². The van der Waals surface area contributed by atoms with Crippen molar-refractivity contribution in [1.82, 2.24) is 15.4 Å². The first-order valence-corrected chi connectivity index (χ1v) is 5.81. The van der Waals surface area contributed by atoms with Gasteiger partial charge in [0.05, 0.1) is 0 Å². The van der Waals surface area contributed by atoms with Crippen molar-refractivity contribution in [3.8, 4) is 5.69 Å². The molecule has 0 saturated carbocycles. The van der Waals surface area contributed by atoms with Gasteiger partial charge in [0, 0.05) is 36.0 Å². The lowest BCUT2D eigenvalue weighted by Crippen LogP contribution is -2.35. The van der Waals surface area contributed by atoms with Crippen molar-refractivity contribution in [2.45, 2.75) is 0 Å². The molecule has 2 aromatic heterocycles. The van der Waals surface area contributed by atoms with Gasteiger partial charge in [0.25, 0.3) is 5.69 Å². The van der Waals surface area contributed by atoms with Crippen molar-refractivity contribution in [3.05, 3.63) is 60.4 Å². The van der Waals surface area contributed by atoms with Gasteiger partial charge in [0.2, 0.25) is 5.27 Å². The maximum absolute atomic E-state index is 11.8. The molecule has 0 unspecified atom stereocenters. The largest absolute Gasteiger partial charge is 0.858 e. The van der Waals surface area contributed by atoms with Crippen LogP contribution in [0.4, 0.5) is 6.01 Å². The van der Waals surface area contributed by atoms with E-state index in [-0.39, 0.29) is 6.01 Å². The molecule has 0 saturated heterocycles. The number of rotatable bonds is 3. The molecule has 7 nitrogen and oxygen atoms in total. The van der Waals surface area contributed by atoms with Crippen molar-refractivity contribution in [3.63, 3.8) is 0 Å². The zero-order valence-electron chi connectivity index (χ0n) is 10.2. The summed E-state index contributed by atoms with van der Waals surface area (Å²) in [5.74, 6) is -0.484. The van der Waals surface area contributed by atoms with Crippen LogP contribution >= 0.6 is 0 Å². The van der Waals surface area contributed by atoms with E-state index in [9.17, 15) is 5.11 Å². The molecule has 0 aliphatic heterocycles. The van der Waals surface area contributed by atoms with E-state index in [1.165, 1.54) is 11.0 Å². The maximum atomic E-state index is 11.8. The summed E-state index contributed by atoms with van der Waals surface area (Å²) in [5, 5.41) is 19.5. The summed E-state index contributed by atoms with van der Waals surface area (Å²) in [4.78, 5) is 8.84. The molecule has 3 aromatic rings. The quantitative estimate of drug-likeness (QED) is 0.383. The highest BCUT2D eigenvalue weighted by molar-refractivity contribution is 5.91. The monoisotopic (exact) mass is 267 g/mol. The van der Waals surface area contributed by atoms with E-state index < -0.39 is 5.90 Å². The van der Waals surface area contributed by atoms with Crippen LogP contribution in [-0.2, 0) is 0 Å². The second kappa shape index (κ2) is 5.27. The van der Waals surface area contributed by atoms with Crippen LogP contribution in [0.2, 0.25) is 0 Å². The van der Waals surface area contributed by atoms with Crippen molar-refractivity contribution in [2.24, 2.45) is 4.99 Å². The first kappa shape index (κ1) is 12.0. The number of hydrogen-bond acceptors (Lipinski definition) is 6. The van der Waals surface area contributed by atoms with E-state index in [1.54, 1.807) is 18.3 Å². The Kier molecular flexibility index (Phi) is 3.15. The molecule has 2 heterocycles. The number of aromatic nitrogens is 4. The van der Waals surface area contributed by atoms with Crippen LogP contribution in [0.25, 0.3) is 5.69 Å². The molecule has 0 spiro atoms. The first-order valence-electron chi connectivity index (χ1n) is 5.81. The third-order valence-electron chi connectivity index (χ3n) is 2.47. The molecule has 0 bridgehead atoms. The Labute approximate surface area is 113 Å². The van der Waals surface area contributed by atoms with E-state index in [4.69, 9.17) is 4.52 Å². The summed E-state index contributed by atoms with van der Waals surface area (Å²) in [6.07, 6.45) is 3.00. The number of benzene rings is 1. The van der Waals surface area contributed by atoms with E-state index >= 15 is 0 Å². The molecule has 0 aliphatic carbocycles. The zero-order valence-corrected chi connectivity index (χ0v) is 10.2. The fourth-order valence-electron chi connectivity index (χ4n) is 1.54. The Morgan fingerprint density at radius 2 is 2.00 bits per heavy atom. The minimum atomic E-state index is -0.484. The fraction of sp³-hybridized carbons (Fsp3) is 0. The van der Waals surface area contributed by atoms with Crippen molar-refractivity contribution < 1.29 is 14.4 Å². The summed E-state index contributed by atoms with van der Waals surface area (Å²) in [7, 11) is 0. The van der Waals surface area contributed by atoms with Gasteiger partial charge >= 0.3 is 6.01 Å². The highest BCUT2D eigenvalue weighted by Crippen LogP contribution is 2.06. The maximum Gasteiger partial charge on any atom is 0.414 e. The number of aliphatic imine (C=N–C) groups is 1. The van der Waals surface area contributed by atoms with Gasteiger partial charge in [-0.25, -0.2) is 4.99 Å². The predicted octanol–water partition coefficient (Wildman–Crippen LogP) is 0.180. The van der Waals surface area contributed by atoms with E-state index in [0.717, 1.165) is 0 Å². The average Bonchev–Trinajstić information content (AvgIpc) is 2.97. The van der Waals surface area contributed by atoms with Crippen molar-refractivity contribution in [1.29, 1.82) is 0 Å². The predicted molar refractivity (Wildman–Crippen MR) is 66.3 cm³/mol. The summed E-state index contributed by atoms with van der Waals surface area (Å²) in [6.45, 7) is 0. The van der Waals surface area contributed by atoms with E-state index in [2.05, 4.69) is 20.3 Å². The molecule has 0 N–H and O–H groups in total. The van der Waals surface area contributed by atoms with Crippen molar-refractivity contribution >= 4 is 11.9 Å². The second-order valence-electron chi connectivity index (χ2n) is 3.84. The summed E-state index contributed by atoms with van der Waals surface area (Å²) in [6, 6.07) is 12.3. The smallest absolute Gasteiger partial charge is 0.414 e. The van der Waals surface area contributed by atoms with Gasteiger partial charge in [0.15, 0.2) is 0 Å². The summed E-state index contributed by atoms with van der Waals surface area (Å²) >= 11 is 0. The van der Waals surface area contributed by atoms with E-state index in [1.807, 2.05) is 30.3 Å². The van der Waals surface area contributed by atoms with Crippen LogP contribution in [0.1, 0.15) is 5.56 Å². The van der Waals surface area contributed by atoms with Gasteiger partial charge in [-0.1, -0.05) is 24.3 Å². The molecule has 0 amide bonds. The zero-order chi connectivity index (χ0) is 13.8. The Morgan fingerprint density at radius 1 is 1.15 bits per heavy atom. The standard InChI is InChI=1S/C13H9N5O2/c19-12(10-5-4-8-14-9-10)15-13-16-18(17-20-13)11-6-2-1-3-7-11/h1-9H. The Morgan fingerprint density at radius 3 is 2.75 bits per heavy atom. The topological polar surface area (TPSA) is 91.1 Å². The second-order valence-corrected chi connectivity index (χ2v) is 3.84. The van der Waals surface area contributed by atoms with Gasteiger partial charge in [-0.15, -0.1) is 0 Å². The van der Waals surface area contributed by atoms with Crippen molar-refractivity contribution in [2.75, 3.05) is 0 Å². The van der Waals surface area contributed by atoms with Gasteiger partial charge in [-0.2, -0.15) is 0 Å². The Hall–Kier alpha value is -3.09. The normalized spacial score (nSPS) is 11.5. The molecule has 0 fully saturated rings. The molecular weight excluding hydrogens is 258 g/mol. The molecular formula is C13H9N5O2. The average molecular weight is 267 g/mol. The molecule has 20 heavy (non-hydrogen) atoms. The highest BCUT2D eigenvalue weighted by atomic mass is 16.5. The molecule has 1 aromatic carbocycles. The van der Waals surface area contributed by atoms with Crippen LogP contribution in [-0.4, -0.2) is 21.3 Å². The Balaban J connectivity index is 1.88. The molecule has 98 valence electrons. The molecule has 7 heteroatoms. The van der Waals surface area contributed by atoms with Crippen LogP contribution in [0.3, 0.4) is 0 Å². The lowest BCUT2D eigenvalue weighted by molar-refractivity contribution is -0.724. The number of nitrogens with zero attached hydrogens (tertiary/aromatic N) is 5. The van der Waals surface area contributed by atoms with Crippen LogP contribution in [0, 0.1) is 0 Å². The lowest BCUT2D eigenvalue weighted by atomic mass is 10.3. The number of hydrogen-bond donors (Lipinski definition) is 0. The molecule has 0 radical (unpaired) electrons. The summed E-state index contributed by atoms with van der Waals surface area (Å²) in [5.41, 5.74) is 1.07. The SMILES string of the molecule is [O-]/C(=N\c1n[n+](-c2ccccc2)no1)c1cccnc1. The minimum absolute atomic E-state index is 0.109. The fourth-order valence-corrected chi connectivity index (χ4v) is 1.54. The van der Waals surface area contributed by atoms with Gasteiger partial charge in [-0.05, 0) is 6.07 Å². The van der Waals surface area contributed by atoms with Gasteiger partial charge < -0.3 is 5.11 Å². The minimum Gasteiger partial charge on any atom is -0.858 e. The molecule has 3 rings (SSSR count). The van der Waals surface area contributed by atoms with Gasteiger partial charge in [-0.3, -0.25) is 9.51 Å². The van der Waals surface area contributed by atoms with Crippen LogP contribution < -0.4 is 9.90 Å². The third-order valence-corrected chi connectivity index (χ3v) is 2.47. The number of para-hydroxylation sites is 1. The first-order chi connectivity index (χ1) is 9.83. The molecule has 0 atom stereocenters. The third kappa shape index (κ3) is 2.51. The Bertz CT molecular complexity index is 725. The highest BCUT2D eigenvalue weighted by Gasteiger charge is 2.15. The van der Waals surface area contributed by atoms with Crippen LogP contribution in [0.15, 0.2) is 64.4 Å². The molecule has 0 aliphatic rings. The number of pyridine rings is 1.